The average Bonchev–Trinajstić information content (AvgIpc) is 3.10. The molecule has 2 aromatic heterocycles. The van der Waals surface area contributed by atoms with Crippen LogP contribution in [0.1, 0.15) is 35.9 Å². The summed E-state index contributed by atoms with van der Waals surface area (Å²) in [4.78, 5) is 23.6. The van der Waals surface area contributed by atoms with Crippen LogP contribution in [-0.2, 0) is 9.53 Å². The number of amides is 1. The Labute approximate surface area is 160 Å². The first-order chi connectivity index (χ1) is 13.0. The second-order valence-corrected chi connectivity index (χ2v) is 7.06. The normalized spacial score (nSPS) is 11.0. The number of hydrogen-bond donors (Lipinski definition) is 1. The van der Waals surface area contributed by atoms with Crippen molar-refractivity contribution in [2.75, 3.05) is 18.2 Å². The van der Waals surface area contributed by atoms with Crippen molar-refractivity contribution in [3.05, 3.63) is 47.8 Å². The standard InChI is InChI=1S/C18H19N5O3S/c1-11(2)17-21-20-14-8-9-16(22-23(14)17)27-10-15(24)19-13-6-4-12(5-7-13)18(25)26-3/h4-9,11H,10H2,1-3H3,(H,19,24). The molecule has 0 fully saturated rings. The zero-order valence-corrected chi connectivity index (χ0v) is 16.0. The zero-order chi connectivity index (χ0) is 19.4. The number of nitrogens with zero attached hydrogens (tertiary/aromatic N) is 4. The molecule has 27 heavy (non-hydrogen) atoms. The van der Waals surface area contributed by atoms with Crippen LogP contribution >= 0.6 is 11.8 Å². The monoisotopic (exact) mass is 385 g/mol. The van der Waals surface area contributed by atoms with E-state index in [1.54, 1.807) is 28.8 Å². The van der Waals surface area contributed by atoms with Crippen LogP contribution in [0.2, 0.25) is 0 Å². The molecular formula is C18H19N5O3S. The Hall–Kier alpha value is -2.94. The highest BCUT2D eigenvalue weighted by Gasteiger charge is 2.12. The van der Waals surface area contributed by atoms with Gasteiger partial charge in [-0.3, -0.25) is 4.79 Å². The largest absolute Gasteiger partial charge is 0.465 e. The molecule has 0 unspecified atom stereocenters. The lowest BCUT2D eigenvalue weighted by atomic mass is 10.2. The van der Waals surface area contributed by atoms with Crippen LogP contribution in [-0.4, -0.2) is 44.6 Å². The van der Waals surface area contributed by atoms with Gasteiger partial charge in [0.05, 0.1) is 18.4 Å². The number of ether oxygens (including phenoxy) is 1. The fraction of sp³-hybridized carbons (Fsp3) is 0.278. The summed E-state index contributed by atoms with van der Waals surface area (Å²) in [6.07, 6.45) is 0. The molecule has 3 rings (SSSR count). The Morgan fingerprint density at radius 1 is 1.15 bits per heavy atom. The van der Waals surface area contributed by atoms with Gasteiger partial charge in [-0.15, -0.1) is 10.2 Å². The lowest BCUT2D eigenvalue weighted by molar-refractivity contribution is -0.113. The number of aromatic nitrogens is 4. The highest BCUT2D eigenvalue weighted by molar-refractivity contribution is 7.99. The molecule has 1 N–H and O–H groups in total. The van der Waals surface area contributed by atoms with Crippen molar-refractivity contribution in [3.8, 4) is 0 Å². The third kappa shape index (κ3) is 4.43. The zero-order valence-electron chi connectivity index (χ0n) is 15.2. The summed E-state index contributed by atoms with van der Waals surface area (Å²) < 4.78 is 6.35. The van der Waals surface area contributed by atoms with E-state index in [1.165, 1.54) is 18.9 Å². The van der Waals surface area contributed by atoms with E-state index in [9.17, 15) is 9.59 Å². The number of thioether (sulfide) groups is 1. The number of carbonyl (C=O) groups excluding carboxylic acids is 2. The van der Waals surface area contributed by atoms with E-state index in [4.69, 9.17) is 0 Å². The van der Waals surface area contributed by atoms with Crippen molar-refractivity contribution in [2.24, 2.45) is 0 Å². The minimum Gasteiger partial charge on any atom is -0.465 e. The van der Waals surface area contributed by atoms with Gasteiger partial charge in [0.1, 0.15) is 5.03 Å². The summed E-state index contributed by atoms with van der Waals surface area (Å²) >= 11 is 1.32. The molecule has 2 heterocycles. The number of carbonyl (C=O) groups is 2. The number of anilines is 1. The van der Waals surface area contributed by atoms with Gasteiger partial charge in [-0.2, -0.15) is 9.61 Å². The number of fused-ring (bicyclic) bond motifs is 1. The van der Waals surface area contributed by atoms with Gasteiger partial charge in [-0.25, -0.2) is 4.79 Å². The van der Waals surface area contributed by atoms with Crippen LogP contribution in [0.5, 0.6) is 0 Å². The van der Waals surface area contributed by atoms with E-state index in [0.29, 0.717) is 21.9 Å². The van der Waals surface area contributed by atoms with Crippen molar-refractivity contribution in [2.45, 2.75) is 24.8 Å². The number of hydrogen-bond acceptors (Lipinski definition) is 7. The number of benzene rings is 1. The van der Waals surface area contributed by atoms with Crippen LogP contribution < -0.4 is 5.32 Å². The van der Waals surface area contributed by atoms with Gasteiger partial charge in [0.15, 0.2) is 11.5 Å². The second-order valence-electron chi connectivity index (χ2n) is 6.06. The third-order valence-corrected chi connectivity index (χ3v) is 4.64. The topological polar surface area (TPSA) is 98.5 Å². The Kier molecular flexibility index (Phi) is 5.70. The van der Waals surface area contributed by atoms with Crippen LogP contribution in [0.4, 0.5) is 5.69 Å². The van der Waals surface area contributed by atoms with Crippen molar-refractivity contribution in [1.29, 1.82) is 0 Å². The molecule has 0 spiro atoms. The highest BCUT2D eigenvalue weighted by atomic mass is 32.2. The number of rotatable bonds is 6. The molecule has 9 heteroatoms. The molecule has 0 saturated heterocycles. The van der Waals surface area contributed by atoms with Gasteiger partial charge >= 0.3 is 5.97 Å². The quantitative estimate of drug-likeness (QED) is 0.514. The highest BCUT2D eigenvalue weighted by Crippen LogP contribution is 2.19. The van der Waals surface area contributed by atoms with Crippen LogP contribution in [0.15, 0.2) is 41.4 Å². The maximum absolute atomic E-state index is 12.2. The van der Waals surface area contributed by atoms with Crippen molar-refractivity contribution in [1.82, 2.24) is 19.8 Å². The maximum atomic E-state index is 12.2. The van der Waals surface area contributed by atoms with Crippen molar-refractivity contribution < 1.29 is 14.3 Å². The average molecular weight is 385 g/mol. The van der Waals surface area contributed by atoms with Gasteiger partial charge in [-0.1, -0.05) is 25.6 Å². The fourth-order valence-electron chi connectivity index (χ4n) is 2.37. The summed E-state index contributed by atoms with van der Waals surface area (Å²) in [6, 6.07) is 10.2. The van der Waals surface area contributed by atoms with E-state index in [-0.39, 0.29) is 17.6 Å². The lowest BCUT2D eigenvalue weighted by Gasteiger charge is -2.07. The summed E-state index contributed by atoms with van der Waals surface area (Å²) in [7, 11) is 1.32. The van der Waals surface area contributed by atoms with E-state index in [0.717, 1.165) is 5.82 Å². The maximum Gasteiger partial charge on any atom is 0.337 e. The molecule has 0 atom stereocenters. The van der Waals surface area contributed by atoms with Crippen molar-refractivity contribution >= 4 is 35.0 Å². The molecule has 8 nitrogen and oxygen atoms in total. The molecule has 0 saturated carbocycles. The number of methoxy groups -OCH3 is 1. The molecular weight excluding hydrogens is 366 g/mol. The van der Waals surface area contributed by atoms with Gasteiger partial charge in [0.25, 0.3) is 0 Å². The van der Waals surface area contributed by atoms with E-state index in [1.807, 2.05) is 26.0 Å². The Balaban J connectivity index is 1.61. The summed E-state index contributed by atoms with van der Waals surface area (Å²) in [5.74, 6) is 0.600. The SMILES string of the molecule is COC(=O)c1ccc(NC(=O)CSc2ccc3nnc(C(C)C)n3n2)cc1. The van der Waals surface area contributed by atoms with Crippen LogP contribution in [0.25, 0.3) is 5.65 Å². The first kappa shape index (κ1) is 18.8. The van der Waals surface area contributed by atoms with E-state index >= 15 is 0 Å². The van der Waals surface area contributed by atoms with E-state index < -0.39 is 5.97 Å². The summed E-state index contributed by atoms with van der Waals surface area (Å²) in [5.41, 5.74) is 1.72. The van der Waals surface area contributed by atoms with Crippen LogP contribution in [0, 0.1) is 0 Å². The second kappa shape index (κ2) is 8.17. The van der Waals surface area contributed by atoms with Gasteiger partial charge in [0.2, 0.25) is 5.91 Å². The summed E-state index contributed by atoms with van der Waals surface area (Å²) in [5, 5.41) is 16.2. The summed E-state index contributed by atoms with van der Waals surface area (Å²) in [6.45, 7) is 4.05. The molecule has 1 aromatic carbocycles. The molecule has 0 bridgehead atoms. The minimum absolute atomic E-state index is 0.166. The smallest absolute Gasteiger partial charge is 0.337 e. The Bertz CT molecular complexity index is 969. The van der Waals surface area contributed by atoms with Gasteiger partial charge in [0, 0.05) is 11.6 Å². The molecule has 0 radical (unpaired) electrons. The predicted octanol–water partition coefficient (Wildman–Crippen LogP) is 2.77. The molecule has 0 aliphatic carbocycles. The van der Waals surface area contributed by atoms with Crippen LogP contribution in [0.3, 0.4) is 0 Å². The van der Waals surface area contributed by atoms with Gasteiger partial charge in [-0.05, 0) is 36.4 Å². The number of nitrogens with one attached hydrogen (secondary N) is 1. The number of esters is 1. The molecule has 1 amide bonds. The predicted molar refractivity (Wildman–Crippen MR) is 102 cm³/mol. The third-order valence-electron chi connectivity index (χ3n) is 3.72. The minimum atomic E-state index is -0.417. The van der Waals surface area contributed by atoms with Gasteiger partial charge < -0.3 is 10.1 Å². The van der Waals surface area contributed by atoms with E-state index in [2.05, 4.69) is 25.3 Å². The Morgan fingerprint density at radius 3 is 2.56 bits per heavy atom. The molecule has 0 aliphatic rings. The lowest BCUT2D eigenvalue weighted by Crippen LogP contribution is -2.14. The van der Waals surface area contributed by atoms with Crippen molar-refractivity contribution in [3.63, 3.8) is 0 Å². The molecule has 140 valence electrons. The molecule has 3 aromatic rings. The first-order valence-electron chi connectivity index (χ1n) is 8.31. The Morgan fingerprint density at radius 2 is 1.89 bits per heavy atom. The first-order valence-corrected chi connectivity index (χ1v) is 9.30. The molecule has 0 aliphatic heterocycles. The fourth-order valence-corrected chi connectivity index (χ4v) is 3.02.